The predicted molar refractivity (Wildman–Crippen MR) is 117 cm³/mol. The summed E-state index contributed by atoms with van der Waals surface area (Å²) in [6.45, 7) is 5.52. The van der Waals surface area contributed by atoms with Crippen LogP contribution in [-0.2, 0) is 14.3 Å². The molecular formula is C24H27N4O3+. The molecule has 2 aliphatic rings. The van der Waals surface area contributed by atoms with Crippen LogP contribution in [0.5, 0.6) is 0 Å². The van der Waals surface area contributed by atoms with Crippen LogP contribution >= 0.6 is 0 Å². The molecule has 1 aromatic heterocycles. The summed E-state index contributed by atoms with van der Waals surface area (Å²) in [5.41, 5.74) is 9.56. The first-order valence-electron chi connectivity index (χ1n) is 10.5. The third-order valence-corrected chi connectivity index (χ3v) is 6.04. The number of nitrogens with two attached hydrogens (primary N) is 1. The van der Waals surface area contributed by atoms with Crippen LogP contribution in [0.15, 0.2) is 47.1 Å². The number of ether oxygens (including phenoxy) is 2. The molecule has 2 aromatic rings. The minimum Gasteiger partial charge on any atom is -0.466 e. The van der Waals surface area contributed by atoms with Crippen LogP contribution < -0.4 is 15.6 Å². The summed E-state index contributed by atoms with van der Waals surface area (Å²) >= 11 is 0. The maximum Gasteiger partial charge on any atom is 0.338 e. The lowest BCUT2D eigenvalue weighted by molar-refractivity contribution is -0.331. The number of pyridine rings is 1. The number of H-pyrrole nitrogens is 1. The summed E-state index contributed by atoms with van der Waals surface area (Å²) in [5, 5.41) is 10.9. The van der Waals surface area contributed by atoms with E-state index in [1.165, 1.54) is 13.5 Å². The molecule has 0 bridgehead atoms. The first-order chi connectivity index (χ1) is 14.9. The monoisotopic (exact) mass is 419 g/mol. The van der Waals surface area contributed by atoms with Crippen LogP contribution in [0.25, 0.3) is 10.9 Å². The Morgan fingerprint density at radius 2 is 2.00 bits per heavy atom. The Labute approximate surface area is 181 Å². The standard InChI is InChI=1S/C24H26N4O3/c1-14-7-8-19-16(11-14)12-17(23(27-19)28-9-5-4-6-10-28)21-18(13-25)22(26)31-15(2)20(21)24(29)30-3/h7-8,11-12,21H,4-6,9-10,26H2,1-3H3/p+1/t21-/m0/s1. The highest BCUT2D eigenvalue weighted by Gasteiger charge is 2.40. The van der Waals surface area contributed by atoms with Crippen molar-refractivity contribution >= 4 is 22.7 Å². The summed E-state index contributed by atoms with van der Waals surface area (Å²) in [7, 11) is 1.33. The SMILES string of the molecule is COC(=O)C1=C(C)OC(N)=C(C#N)[C@@H]1c1cc2cc(C)ccc2[nH+]c1N1CCCCC1. The molecule has 4 rings (SSSR count). The van der Waals surface area contributed by atoms with Crippen LogP contribution in [0.3, 0.4) is 0 Å². The number of aromatic nitrogens is 1. The van der Waals surface area contributed by atoms with E-state index in [-0.39, 0.29) is 11.5 Å². The molecule has 2 aliphatic heterocycles. The Balaban J connectivity index is 2.01. The summed E-state index contributed by atoms with van der Waals surface area (Å²) in [4.78, 5) is 18.7. The van der Waals surface area contributed by atoms with Crippen molar-refractivity contribution in [1.29, 1.82) is 5.26 Å². The van der Waals surface area contributed by atoms with Gasteiger partial charge in [-0.25, -0.2) is 9.78 Å². The molecule has 0 unspecified atom stereocenters. The molecule has 0 saturated carbocycles. The van der Waals surface area contributed by atoms with Crippen LogP contribution in [0.2, 0.25) is 0 Å². The number of aromatic amines is 1. The van der Waals surface area contributed by atoms with E-state index in [0.29, 0.717) is 11.3 Å². The largest absolute Gasteiger partial charge is 0.466 e. The molecule has 160 valence electrons. The fraction of sp³-hybridized carbons (Fsp3) is 0.375. The molecule has 1 fully saturated rings. The van der Waals surface area contributed by atoms with E-state index in [1.807, 2.05) is 6.92 Å². The Morgan fingerprint density at radius 1 is 1.26 bits per heavy atom. The van der Waals surface area contributed by atoms with E-state index < -0.39 is 11.9 Å². The minimum atomic E-state index is -0.677. The molecule has 31 heavy (non-hydrogen) atoms. The topological polar surface area (TPSA) is 103 Å². The Morgan fingerprint density at radius 3 is 2.68 bits per heavy atom. The lowest BCUT2D eigenvalue weighted by atomic mass is 9.82. The number of fused-ring (bicyclic) bond motifs is 1. The fourth-order valence-electron chi connectivity index (χ4n) is 4.52. The zero-order chi connectivity index (χ0) is 22.1. The second kappa shape index (κ2) is 8.31. The van der Waals surface area contributed by atoms with Gasteiger partial charge in [0.1, 0.15) is 22.9 Å². The van der Waals surface area contributed by atoms with Crippen molar-refractivity contribution in [3.63, 3.8) is 0 Å². The number of anilines is 1. The number of nitriles is 1. The summed E-state index contributed by atoms with van der Waals surface area (Å²) < 4.78 is 10.6. The number of piperidine rings is 1. The van der Waals surface area contributed by atoms with Crippen molar-refractivity contribution in [2.75, 3.05) is 25.1 Å². The van der Waals surface area contributed by atoms with Gasteiger partial charge < -0.3 is 15.2 Å². The second-order valence-electron chi connectivity index (χ2n) is 8.10. The number of nitrogens with one attached hydrogen (secondary N) is 1. The molecule has 3 N–H and O–H groups in total. The van der Waals surface area contributed by atoms with Crippen molar-refractivity contribution in [1.82, 2.24) is 0 Å². The van der Waals surface area contributed by atoms with Crippen molar-refractivity contribution < 1.29 is 19.3 Å². The van der Waals surface area contributed by atoms with E-state index in [0.717, 1.165) is 53.8 Å². The van der Waals surface area contributed by atoms with Gasteiger partial charge in [-0.15, -0.1) is 0 Å². The number of hydrogen-bond donors (Lipinski definition) is 1. The molecule has 7 heteroatoms. The molecule has 1 atom stereocenters. The van der Waals surface area contributed by atoms with Gasteiger partial charge in [0.05, 0.1) is 37.3 Å². The van der Waals surface area contributed by atoms with E-state index in [4.69, 9.17) is 15.2 Å². The number of esters is 1. The van der Waals surface area contributed by atoms with Crippen LogP contribution in [0.4, 0.5) is 5.82 Å². The molecule has 7 nitrogen and oxygen atoms in total. The van der Waals surface area contributed by atoms with Gasteiger partial charge in [0.15, 0.2) is 0 Å². The smallest absolute Gasteiger partial charge is 0.338 e. The molecule has 0 spiro atoms. The minimum absolute atomic E-state index is 0.0200. The van der Waals surface area contributed by atoms with Gasteiger partial charge in [0.2, 0.25) is 5.88 Å². The number of nitrogens with zero attached hydrogens (tertiary/aromatic N) is 2. The molecule has 1 saturated heterocycles. The molecule has 0 aliphatic carbocycles. The Hall–Kier alpha value is -3.53. The van der Waals surface area contributed by atoms with Gasteiger partial charge in [-0.3, -0.25) is 4.90 Å². The summed E-state index contributed by atoms with van der Waals surface area (Å²) in [5.74, 6) is 0.0625. The average Bonchev–Trinajstić information content (AvgIpc) is 2.77. The van der Waals surface area contributed by atoms with E-state index in [1.54, 1.807) is 6.92 Å². The molecule has 1 aromatic carbocycles. The first kappa shape index (κ1) is 20.7. The van der Waals surface area contributed by atoms with Crippen LogP contribution in [-0.4, -0.2) is 26.2 Å². The number of carbonyl (C=O) groups excluding carboxylic acids is 1. The Bertz CT molecular complexity index is 1150. The number of methoxy groups -OCH3 is 1. The van der Waals surface area contributed by atoms with E-state index in [2.05, 4.69) is 40.2 Å². The predicted octanol–water partition coefficient (Wildman–Crippen LogP) is 3.21. The number of benzene rings is 1. The van der Waals surface area contributed by atoms with E-state index >= 15 is 0 Å². The fourth-order valence-corrected chi connectivity index (χ4v) is 4.52. The lowest BCUT2D eigenvalue weighted by Gasteiger charge is -2.29. The number of carbonyl (C=O) groups is 1. The van der Waals surface area contributed by atoms with E-state index in [9.17, 15) is 10.1 Å². The number of hydrogen-bond acceptors (Lipinski definition) is 6. The number of aryl methyl sites for hydroxylation is 1. The second-order valence-corrected chi connectivity index (χ2v) is 8.10. The summed E-state index contributed by atoms with van der Waals surface area (Å²) in [6.07, 6.45) is 3.38. The third kappa shape index (κ3) is 3.70. The molecule has 3 heterocycles. The zero-order valence-electron chi connectivity index (χ0n) is 18.1. The van der Waals surface area contributed by atoms with Crippen molar-refractivity contribution in [2.45, 2.75) is 39.0 Å². The molecule has 0 amide bonds. The maximum atomic E-state index is 12.8. The van der Waals surface area contributed by atoms with Crippen molar-refractivity contribution in [3.8, 4) is 6.07 Å². The third-order valence-electron chi connectivity index (χ3n) is 6.04. The molecule has 0 radical (unpaired) electrons. The average molecular weight is 420 g/mol. The Kier molecular flexibility index (Phi) is 5.55. The molecular weight excluding hydrogens is 392 g/mol. The zero-order valence-corrected chi connectivity index (χ0v) is 18.1. The van der Waals surface area contributed by atoms with Gasteiger partial charge in [0, 0.05) is 5.39 Å². The van der Waals surface area contributed by atoms with Crippen molar-refractivity contribution in [2.24, 2.45) is 5.73 Å². The summed E-state index contributed by atoms with van der Waals surface area (Å²) in [6, 6.07) is 10.4. The quantitative estimate of drug-likeness (QED) is 0.767. The number of allylic oxidation sites excluding steroid dienone is 2. The van der Waals surface area contributed by atoms with Gasteiger partial charge in [0.25, 0.3) is 5.82 Å². The first-order valence-corrected chi connectivity index (χ1v) is 10.5. The highest BCUT2D eigenvalue weighted by atomic mass is 16.5. The highest BCUT2D eigenvalue weighted by Crippen LogP contribution is 2.43. The van der Waals surface area contributed by atoms with Gasteiger partial charge in [-0.2, -0.15) is 5.26 Å². The highest BCUT2D eigenvalue weighted by molar-refractivity contribution is 5.93. The normalized spacial score (nSPS) is 19.3. The van der Waals surface area contributed by atoms with Gasteiger partial charge in [-0.05, 0) is 51.3 Å². The van der Waals surface area contributed by atoms with Crippen molar-refractivity contribution in [3.05, 3.63) is 58.2 Å². The van der Waals surface area contributed by atoms with Gasteiger partial charge in [-0.1, -0.05) is 11.6 Å². The number of rotatable bonds is 3. The van der Waals surface area contributed by atoms with Crippen LogP contribution in [0.1, 0.15) is 43.2 Å². The maximum absolute atomic E-state index is 12.8. The van der Waals surface area contributed by atoms with Gasteiger partial charge >= 0.3 is 5.97 Å². The lowest BCUT2D eigenvalue weighted by Crippen LogP contribution is -2.36. The van der Waals surface area contributed by atoms with Crippen LogP contribution in [0, 0.1) is 18.3 Å².